The second-order valence-corrected chi connectivity index (χ2v) is 7.48. The summed E-state index contributed by atoms with van der Waals surface area (Å²) < 4.78 is 0. The Bertz CT molecular complexity index is 974. The van der Waals surface area contributed by atoms with Crippen molar-refractivity contribution in [2.24, 2.45) is 9.98 Å². The summed E-state index contributed by atoms with van der Waals surface area (Å²) in [7, 11) is 0. The van der Waals surface area contributed by atoms with Gasteiger partial charge in [-0.3, -0.25) is 9.98 Å². The zero-order chi connectivity index (χ0) is 23.0. The van der Waals surface area contributed by atoms with Crippen LogP contribution in [-0.2, 0) is 22.9 Å². The second kappa shape index (κ2) is 16.7. The molecule has 0 aliphatic rings. The van der Waals surface area contributed by atoms with E-state index in [0.717, 1.165) is 55.6 Å². The number of rotatable bonds is 9. The molecule has 3 aromatic carbocycles. The van der Waals surface area contributed by atoms with Crippen LogP contribution >= 0.6 is 0 Å². The molecule has 0 unspecified atom stereocenters. The number of benzene rings is 3. The van der Waals surface area contributed by atoms with Crippen LogP contribution in [-0.4, -0.2) is 11.9 Å². The first-order valence-electron chi connectivity index (χ1n) is 11.3. The van der Waals surface area contributed by atoms with Crippen LogP contribution in [0.3, 0.4) is 0 Å². The largest absolute Gasteiger partial charge is 2.00 e. The van der Waals surface area contributed by atoms with Crippen LogP contribution in [0.1, 0.15) is 51.5 Å². The maximum Gasteiger partial charge on any atom is 2.00 e. The Balaban J connectivity index is 0.000000361. The van der Waals surface area contributed by atoms with Gasteiger partial charge in [-0.05, 0) is 49.9 Å². The van der Waals surface area contributed by atoms with E-state index < -0.39 is 0 Å². The SMILES string of the molecule is CCCCC(C=Nc1ccccc1)=Nc1ccccc1.CCCCc1cccc([O-])c1[O-].[Ni+2]. The number of nitrogens with zero attached hydrogens (tertiary/aromatic N) is 2. The molecule has 0 atom stereocenters. The van der Waals surface area contributed by atoms with Crippen molar-refractivity contribution in [1.82, 2.24) is 0 Å². The van der Waals surface area contributed by atoms with Gasteiger partial charge in [0.25, 0.3) is 0 Å². The molecule has 3 rings (SSSR count). The van der Waals surface area contributed by atoms with Gasteiger partial charge in [0.1, 0.15) is 0 Å². The summed E-state index contributed by atoms with van der Waals surface area (Å²) in [6.07, 6.45) is 7.88. The molecule has 0 fully saturated rings. The van der Waals surface area contributed by atoms with Crippen molar-refractivity contribution in [3.8, 4) is 11.5 Å². The number of aryl methyl sites for hydroxylation is 1. The Hall–Kier alpha value is -2.91. The zero-order valence-corrected chi connectivity index (χ0v) is 20.3. The van der Waals surface area contributed by atoms with E-state index in [1.54, 1.807) is 12.1 Å². The van der Waals surface area contributed by atoms with Crippen LogP contribution in [0.4, 0.5) is 11.4 Å². The van der Waals surface area contributed by atoms with Gasteiger partial charge in [0, 0.05) is 6.21 Å². The van der Waals surface area contributed by atoms with E-state index in [2.05, 4.69) is 23.8 Å². The Labute approximate surface area is 208 Å². The van der Waals surface area contributed by atoms with Crippen molar-refractivity contribution >= 4 is 23.3 Å². The third-order valence-electron chi connectivity index (χ3n) is 4.79. The third kappa shape index (κ3) is 11.0. The van der Waals surface area contributed by atoms with Crippen molar-refractivity contribution in [3.63, 3.8) is 0 Å². The summed E-state index contributed by atoms with van der Waals surface area (Å²) in [5.41, 5.74) is 3.63. The van der Waals surface area contributed by atoms with Crippen LogP contribution < -0.4 is 10.2 Å². The first-order valence-corrected chi connectivity index (χ1v) is 11.3. The van der Waals surface area contributed by atoms with Crippen LogP contribution in [0.15, 0.2) is 88.8 Å². The molecular weight excluding hydrogens is 455 g/mol. The summed E-state index contributed by atoms with van der Waals surface area (Å²) >= 11 is 0. The summed E-state index contributed by atoms with van der Waals surface area (Å²) in [6.45, 7) is 4.25. The van der Waals surface area contributed by atoms with E-state index in [1.807, 2.05) is 66.9 Å². The molecule has 0 amide bonds. The number of hydrogen-bond donors (Lipinski definition) is 0. The van der Waals surface area contributed by atoms with Crippen molar-refractivity contribution in [2.75, 3.05) is 0 Å². The predicted octanol–water partition coefficient (Wildman–Crippen LogP) is 6.53. The second-order valence-electron chi connectivity index (χ2n) is 7.48. The fourth-order valence-electron chi connectivity index (χ4n) is 2.96. The molecule has 0 N–H and O–H groups in total. The molecule has 33 heavy (non-hydrogen) atoms. The molecule has 0 heterocycles. The third-order valence-corrected chi connectivity index (χ3v) is 4.79. The van der Waals surface area contributed by atoms with Gasteiger partial charge in [-0.1, -0.05) is 86.8 Å². The zero-order valence-electron chi connectivity index (χ0n) is 19.4. The summed E-state index contributed by atoms with van der Waals surface area (Å²) in [6, 6.07) is 24.7. The molecule has 0 saturated carbocycles. The Morgan fingerprint density at radius 1 is 0.758 bits per heavy atom. The van der Waals surface area contributed by atoms with Crippen LogP contribution in [0, 0.1) is 0 Å². The van der Waals surface area contributed by atoms with Crippen molar-refractivity contribution in [2.45, 2.75) is 52.4 Å². The molecule has 0 aliphatic heterocycles. The first kappa shape index (κ1) is 28.1. The number of unbranched alkanes of at least 4 members (excludes halogenated alkanes) is 2. The maximum atomic E-state index is 11.2. The van der Waals surface area contributed by atoms with E-state index >= 15 is 0 Å². The summed E-state index contributed by atoms with van der Waals surface area (Å²) in [5, 5.41) is 22.1. The van der Waals surface area contributed by atoms with E-state index in [-0.39, 0.29) is 28.0 Å². The normalized spacial score (nSPS) is 10.9. The van der Waals surface area contributed by atoms with E-state index in [9.17, 15) is 10.2 Å². The van der Waals surface area contributed by atoms with Gasteiger partial charge >= 0.3 is 16.5 Å². The Morgan fingerprint density at radius 3 is 1.97 bits per heavy atom. The topological polar surface area (TPSA) is 70.8 Å². The molecule has 0 spiro atoms. The van der Waals surface area contributed by atoms with Gasteiger partial charge < -0.3 is 10.2 Å². The Kier molecular flexibility index (Phi) is 14.2. The van der Waals surface area contributed by atoms with Gasteiger partial charge in [0.2, 0.25) is 0 Å². The van der Waals surface area contributed by atoms with Gasteiger partial charge in [0.15, 0.2) is 0 Å². The van der Waals surface area contributed by atoms with E-state index in [1.165, 1.54) is 6.07 Å². The summed E-state index contributed by atoms with van der Waals surface area (Å²) in [5.74, 6) is -0.713. The maximum absolute atomic E-state index is 11.2. The van der Waals surface area contributed by atoms with E-state index in [0.29, 0.717) is 5.56 Å². The standard InChI is InChI=1S/C18H20N2.C10H14O2.Ni/c1-2-3-10-18(20-17-13-8-5-9-14-17)15-19-16-11-6-4-7-12-16;1-2-3-5-8-6-4-7-9(11)10(8)12;/h4-9,11-15H,2-3,10H2,1H3;4,6-7,11-12H,2-3,5H2,1H3;/q;;+2/p-2. The monoisotopic (exact) mass is 486 g/mol. The molecule has 5 heteroatoms. The molecule has 176 valence electrons. The fourth-order valence-corrected chi connectivity index (χ4v) is 2.96. The van der Waals surface area contributed by atoms with E-state index in [4.69, 9.17) is 0 Å². The van der Waals surface area contributed by atoms with Crippen molar-refractivity contribution in [3.05, 3.63) is 84.4 Å². The van der Waals surface area contributed by atoms with Crippen LogP contribution in [0.5, 0.6) is 11.5 Å². The minimum absolute atomic E-state index is 0. The smallest absolute Gasteiger partial charge is 0.873 e. The average Bonchev–Trinajstić information content (AvgIpc) is 2.83. The fraction of sp³-hybridized carbons (Fsp3) is 0.286. The molecule has 3 aromatic rings. The molecule has 0 aromatic heterocycles. The molecule has 0 saturated heterocycles. The predicted molar refractivity (Wildman–Crippen MR) is 132 cm³/mol. The average molecular weight is 487 g/mol. The first-order chi connectivity index (χ1) is 15.6. The number of hydrogen-bond acceptors (Lipinski definition) is 4. The molecule has 4 nitrogen and oxygen atoms in total. The minimum Gasteiger partial charge on any atom is -0.873 e. The molecule has 0 aliphatic carbocycles. The molecular formula is C28H32N2NiO2. The minimum atomic E-state index is -0.386. The van der Waals surface area contributed by atoms with Crippen molar-refractivity contribution in [1.29, 1.82) is 0 Å². The van der Waals surface area contributed by atoms with Crippen LogP contribution in [0.25, 0.3) is 0 Å². The molecule has 0 radical (unpaired) electrons. The summed E-state index contributed by atoms with van der Waals surface area (Å²) in [4.78, 5) is 9.18. The van der Waals surface area contributed by atoms with Gasteiger partial charge in [-0.25, -0.2) is 0 Å². The quantitative estimate of drug-likeness (QED) is 0.255. The van der Waals surface area contributed by atoms with Crippen molar-refractivity contribution < 1.29 is 26.7 Å². The number of aliphatic imine (C=N–C) groups is 2. The van der Waals surface area contributed by atoms with Gasteiger partial charge in [-0.15, -0.1) is 11.5 Å². The Morgan fingerprint density at radius 2 is 1.36 bits per heavy atom. The number of para-hydroxylation sites is 3. The van der Waals surface area contributed by atoms with Crippen LogP contribution in [0.2, 0.25) is 0 Å². The van der Waals surface area contributed by atoms with Gasteiger partial charge in [0.05, 0.1) is 17.1 Å². The van der Waals surface area contributed by atoms with Gasteiger partial charge in [-0.2, -0.15) is 0 Å². The molecule has 0 bridgehead atoms.